The number of amides is 1. The highest BCUT2D eigenvalue weighted by Crippen LogP contribution is 2.16. The van der Waals surface area contributed by atoms with Crippen LogP contribution in [0.1, 0.15) is 43.7 Å². The fraction of sp³-hybridized carbons (Fsp3) is 0.350. The van der Waals surface area contributed by atoms with Crippen molar-refractivity contribution in [2.75, 3.05) is 11.9 Å². The number of aromatic nitrogens is 2. The first-order chi connectivity index (χ1) is 12.3. The van der Waals surface area contributed by atoms with Crippen LogP contribution >= 0.6 is 0 Å². The summed E-state index contributed by atoms with van der Waals surface area (Å²) in [4.78, 5) is 20.3. The number of carbonyl (C=O) groups is 1. The monoisotopic (exact) mass is 355 g/mol. The van der Waals surface area contributed by atoms with E-state index in [1.54, 1.807) is 6.07 Å². The number of anilines is 1. The van der Waals surface area contributed by atoms with E-state index in [2.05, 4.69) is 27.1 Å². The standard InChI is InChI=1S/C20H22FN3O2/c1-5-14-11-15(7-8-16(14)21)24-19(25)17-12-23-18(13-22-17)26-10-6-9-20(2,3)4/h7-8,11-13H,5,10H2,1-4H3,(H,24,25). The van der Waals surface area contributed by atoms with E-state index in [4.69, 9.17) is 4.74 Å². The van der Waals surface area contributed by atoms with Gasteiger partial charge in [-0.1, -0.05) is 18.8 Å². The van der Waals surface area contributed by atoms with Crippen molar-refractivity contribution in [2.24, 2.45) is 5.41 Å². The summed E-state index contributed by atoms with van der Waals surface area (Å²) in [7, 11) is 0. The number of carbonyl (C=O) groups excluding carboxylic acids is 1. The molecule has 0 radical (unpaired) electrons. The van der Waals surface area contributed by atoms with Crippen LogP contribution < -0.4 is 10.1 Å². The zero-order chi connectivity index (χ0) is 19.2. The number of hydrogen-bond acceptors (Lipinski definition) is 4. The van der Waals surface area contributed by atoms with Crippen LogP contribution in [0.4, 0.5) is 10.1 Å². The molecule has 136 valence electrons. The molecule has 1 amide bonds. The predicted molar refractivity (Wildman–Crippen MR) is 98.5 cm³/mol. The van der Waals surface area contributed by atoms with Gasteiger partial charge in [-0.25, -0.2) is 14.4 Å². The van der Waals surface area contributed by atoms with E-state index >= 15 is 0 Å². The van der Waals surface area contributed by atoms with E-state index < -0.39 is 5.91 Å². The van der Waals surface area contributed by atoms with Gasteiger partial charge >= 0.3 is 0 Å². The Hall–Kier alpha value is -2.94. The molecule has 6 heteroatoms. The maximum absolute atomic E-state index is 13.5. The van der Waals surface area contributed by atoms with Crippen LogP contribution in [-0.2, 0) is 6.42 Å². The Bertz CT molecular complexity index is 831. The minimum atomic E-state index is -0.426. The summed E-state index contributed by atoms with van der Waals surface area (Å²) in [6, 6.07) is 4.44. The van der Waals surface area contributed by atoms with Gasteiger partial charge in [-0.3, -0.25) is 4.79 Å². The molecule has 0 aliphatic carbocycles. The SMILES string of the molecule is CCc1cc(NC(=O)c2cnc(OCC#CC(C)(C)C)cn2)ccc1F. The van der Waals surface area contributed by atoms with E-state index in [1.165, 1.54) is 24.5 Å². The third kappa shape index (κ3) is 5.85. The van der Waals surface area contributed by atoms with Crippen LogP contribution in [0.5, 0.6) is 5.88 Å². The molecular formula is C20H22FN3O2. The number of nitrogens with one attached hydrogen (secondary N) is 1. The predicted octanol–water partition coefficient (Wildman–Crippen LogP) is 3.86. The Labute approximate surface area is 153 Å². The summed E-state index contributed by atoms with van der Waals surface area (Å²) in [6.45, 7) is 8.08. The van der Waals surface area contributed by atoms with Gasteiger partial charge in [0, 0.05) is 11.1 Å². The molecule has 0 atom stereocenters. The molecule has 0 fully saturated rings. The van der Waals surface area contributed by atoms with Crippen LogP contribution in [0.2, 0.25) is 0 Å². The first-order valence-electron chi connectivity index (χ1n) is 8.33. The summed E-state index contributed by atoms with van der Waals surface area (Å²) < 4.78 is 18.9. The van der Waals surface area contributed by atoms with Crippen molar-refractivity contribution in [3.05, 3.63) is 47.7 Å². The van der Waals surface area contributed by atoms with E-state index in [0.717, 1.165) is 0 Å². The minimum absolute atomic E-state index is 0.0883. The van der Waals surface area contributed by atoms with Gasteiger partial charge < -0.3 is 10.1 Å². The number of hydrogen-bond donors (Lipinski definition) is 1. The molecule has 0 aliphatic heterocycles. The largest absolute Gasteiger partial charge is 0.463 e. The number of aryl methyl sites for hydroxylation is 1. The number of rotatable bonds is 5. The topological polar surface area (TPSA) is 64.1 Å². The zero-order valence-corrected chi connectivity index (χ0v) is 15.4. The van der Waals surface area contributed by atoms with Crippen molar-refractivity contribution < 1.29 is 13.9 Å². The van der Waals surface area contributed by atoms with Gasteiger partial charge in [0.15, 0.2) is 6.61 Å². The normalized spacial score (nSPS) is 10.7. The highest BCUT2D eigenvalue weighted by molar-refractivity contribution is 6.02. The fourth-order valence-electron chi connectivity index (χ4n) is 2.04. The van der Waals surface area contributed by atoms with Crippen molar-refractivity contribution in [2.45, 2.75) is 34.1 Å². The van der Waals surface area contributed by atoms with Gasteiger partial charge in [0.2, 0.25) is 5.88 Å². The lowest BCUT2D eigenvalue weighted by Gasteiger charge is -2.08. The first-order valence-corrected chi connectivity index (χ1v) is 8.33. The van der Waals surface area contributed by atoms with Crippen molar-refractivity contribution in [3.63, 3.8) is 0 Å². The molecule has 1 aromatic carbocycles. The lowest BCUT2D eigenvalue weighted by atomic mass is 9.98. The molecule has 0 saturated heterocycles. The maximum atomic E-state index is 13.5. The second-order valence-corrected chi connectivity index (χ2v) is 6.69. The average molecular weight is 355 g/mol. The maximum Gasteiger partial charge on any atom is 0.275 e. The molecule has 1 heterocycles. The van der Waals surface area contributed by atoms with Gasteiger partial charge in [0.1, 0.15) is 11.5 Å². The molecule has 0 saturated carbocycles. The van der Waals surface area contributed by atoms with Gasteiger partial charge in [-0.05, 0) is 51.0 Å². The van der Waals surface area contributed by atoms with Crippen LogP contribution in [-0.4, -0.2) is 22.5 Å². The number of ether oxygens (including phenoxy) is 1. The molecule has 2 rings (SSSR count). The Morgan fingerprint density at radius 1 is 1.27 bits per heavy atom. The zero-order valence-electron chi connectivity index (χ0n) is 15.4. The van der Waals surface area contributed by atoms with E-state index in [9.17, 15) is 9.18 Å². The summed E-state index contributed by atoms with van der Waals surface area (Å²) in [6.07, 6.45) is 3.24. The summed E-state index contributed by atoms with van der Waals surface area (Å²) in [5.74, 6) is 5.53. The number of halogens is 1. The fourth-order valence-corrected chi connectivity index (χ4v) is 2.04. The van der Waals surface area contributed by atoms with E-state index in [1.807, 2.05) is 27.7 Å². The molecule has 2 aromatic rings. The summed E-state index contributed by atoms with van der Waals surface area (Å²) in [5, 5.41) is 2.68. The van der Waals surface area contributed by atoms with Crippen LogP contribution in [0, 0.1) is 23.1 Å². The third-order valence-electron chi connectivity index (χ3n) is 3.30. The van der Waals surface area contributed by atoms with Gasteiger partial charge in [-0.2, -0.15) is 0 Å². The van der Waals surface area contributed by atoms with E-state index in [-0.39, 0.29) is 23.5 Å². The molecular weight excluding hydrogens is 333 g/mol. The lowest BCUT2D eigenvalue weighted by Crippen LogP contribution is -2.14. The van der Waals surface area contributed by atoms with Crippen LogP contribution in [0.25, 0.3) is 0 Å². The second kappa shape index (κ2) is 8.43. The molecule has 1 aromatic heterocycles. The highest BCUT2D eigenvalue weighted by atomic mass is 19.1. The average Bonchev–Trinajstić information content (AvgIpc) is 2.60. The Morgan fingerprint density at radius 3 is 2.65 bits per heavy atom. The highest BCUT2D eigenvalue weighted by Gasteiger charge is 2.10. The first kappa shape index (κ1) is 19.4. The molecule has 5 nitrogen and oxygen atoms in total. The van der Waals surface area contributed by atoms with Gasteiger partial charge in [0.05, 0.1) is 12.4 Å². The molecule has 0 unspecified atom stereocenters. The Kier molecular flexibility index (Phi) is 6.29. The van der Waals surface area contributed by atoms with Crippen molar-refractivity contribution in [1.82, 2.24) is 9.97 Å². The van der Waals surface area contributed by atoms with Crippen molar-refractivity contribution >= 4 is 11.6 Å². The Balaban J connectivity index is 1.97. The summed E-state index contributed by atoms with van der Waals surface area (Å²) in [5.41, 5.74) is 1.09. The second-order valence-electron chi connectivity index (χ2n) is 6.69. The van der Waals surface area contributed by atoms with Crippen LogP contribution in [0.3, 0.4) is 0 Å². The van der Waals surface area contributed by atoms with Gasteiger partial charge in [-0.15, -0.1) is 0 Å². The smallest absolute Gasteiger partial charge is 0.275 e. The van der Waals surface area contributed by atoms with Crippen molar-refractivity contribution in [1.29, 1.82) is 0 Å². The number of nitrogens with zero attached hydrogens (tertiary/aromatic N) is 2. The molecule has 0 spiro atoms. The summed E-state index contributed by atoms with van der Waals surface area (Å²) >= 11 is 0. The molecule has 0 aliphatic rings. The molecule has 1 N–H and O–H groups in total. The van der Waals surface area contributed by atoms with E-state index in [0.29, 0.717) is 23.6 Å². The minimum Gasteiger partial charge on any atom is -0.463 e. The quantitative estimate of drug-likeness (QED) is 0.827. The number of benzene rings is 1. The third-order valence-corrected chi connectivity index (χ3v) is 3.30. The lowest BCUT2D eigenvalue weighted by molar-refractivity contribution is 0.102. The van der Waals surface area contributed by atoms with Gasteiger partial charge in [0.25, 0.3) is 5.91 Å². The Morgan fingerprint density at radius 2 is 2.04 bits per heavy atom. The van der Waals surface area contributed by atoms with Crippen molar-refractivity contribution in [3.8, 4) is 17.7 Å². The molecule has 26 heavy (non-hydrogen) atoms. The molecule has 0 bridgehead atoms. The van der Waals surface area contributed by atoms with Crippen LogP contribution in [0.15, 0.2) is 30.6 Å².